The van der Waals surface area contributed by atoms with Crippen molar-refractivity contribution in [1.82, 2.24) is 15.3 Å². The Kier molecular flexibility index (Phi) is 4.87. The van der Waals surface area contributed by atoms with E-state index in [9.17, 15) is 8.42 Å². The van der Waals surface area contributed by atoms with Gasteiger partial charge in [0.05, 0.1) is 11.4 Å². The lowest BCUT2D eigenvalue weighted by atomic mass is 10.3. The Morgan fingerprint density at radius 3 is 2.62 bits per heavy atom. The predicted octanol–water partition coefficient (Wildman–Crippen LogP) is 1.70. The summed E-state index contributed by atoms with van der Waals surface area (Å²) in [5.74, 6) is 0. The second-order valence-corrected chi connectivity index (χ2v) is 6.16. The molecular weight excluding hydrogens is 288 g/mol. The largest absolute Gasteiger partial charge is 0.313 e. The van der Waals surface area contributed by atoms with Crippen molar-refractivity contribution in [2.24, 2.45) is 0 Å². The second-order valence-electron chi connectivity index (χ2n) is 4.53. The van der Waals surface area contributed by atoms with Gasteiger partial charge >= 0.3 is 0 Å². The van der Waals surface area contributed by atoms with Gasteiger partial charge in [-0.2, -0.15) is 8.42 Å². The standard InChI is InChI=1S/C14H18N4O2S/c1-3-15-9-12-6-7-14(17-10-12)21(19,20)18-13-5-4-8-16-11(13)2/h4-8,10,15,18H,3,9H2,1-2H3. The Labute approximate surface area is 124 Å². The Morgan fingerprint density at radius 2 is 2.00 bits per heavy atom. The van der Waals surface area contributed by atoms with Crippen molar-refractivity contribution < 1.29 is 8.42 Å². The molecule has 2 aromatic rings. The average Bonchev–Trinajstić information content (AvgIpc) is 2.48. The van der Waals surface area contributed by atoms with Gasteiger partial charge in [-0.15, -0.1) is 0 Å². The normalized spacial score (nSPS) is 11.3. The Bertz CT molecular complexity index is 699. The minimum Gasteiger partial charge on any atom is -0.313 e. The number of nitrogens with zero attached hydrogens (tertiary/aromatic N) is 2. The van der Waals surface area contributed by atoms with Crippen molar-refractivity contribution >= 4 is 15.7 Å². The number of pyridine rings is 2. The van der Waals surface area contributed by atoms with Gasteiger partial charge in [0, 0.05) is 18.9 Å². The van der Waals surface area contributed by atoms with E-state index >= 15 is 0 Å². The molecule has 6 nitrogen and oxygen atoms in total. The van der Waals surface area contributed by atoms with Gasteiger partial charge in [-0.25, -0.2) is 4.98 Å². The van der Waals surface area contributed by atoms with Crippen LogP contribution in [0.4, 0.5) is 5.69 Å². The summed E-state index contributed by atoms with van der Waals surface area (Å²) in [5.41, 5.74) is 2.01. The van der Waals surface area contributed by atoms with Gasteiger partial charge in [-0.3, -0.25) is 9.71 Å². The first kappa shape index (κ1) is 15.4. The molecule has 0 saturated carbocycles. The molecule has 0 atom stereocenters. The third-order valence-corrected chi connectivity index (χ3v) is 4.18. The zero-order chi connectivity index (χ0) is 15.3. The maximum absolute atomic E-state index is 12.3. The summed E-state index contributed by atoms with van der Waals surface area (Å²) in [6.45, 7) is 5.26. The van der Waals surface area contributed by atoms with Crippen LogP contribution in [0.2, 0.25) is 0 Å². The fourth-order valence-electron chi connectivity index (χ4n) is 1.73. The van der Waals surface area contributed by atoms with Gasteiger partial charge < -0.3 is 5.32 Å². The minimum absolute atomic E-state index is 0.00833. The predicted molar refractivity (Wildman–Crippen MR) is 81.4 cm³/mol. The molecule has 2 aromatic heterocycles. The first-order valence-electron chi connectivity index (χ1n) is 6.63. The van der Waals surface area contributed by atoms with E-state index in [2.05, 4.69) is 20.0 Å². The zero-order valence-electron chi connectivity index (χ0n) is 12.0. The molecule has 0 amide bonds. The molecule has 2 heterocycles. The van der Waals surface area contributed by atoms with Crippen molar-refractivity contribution in [3.63, 3.8) is 0 Å². The van der Waals surface area contributed by atoms with Crippen LogP contribution >= 0.6 is 0 Å². The average molecular weight is 306 g/mol. The number of hydrogen-bond donors (Lipinski definition) is 2. The first-order chi connectivity index (χ1) is 10.0. The molecule has 0 saturated heterocycles. The van der Waals surface area contributed by atoms with Crippen LogP contribution in [-0.2, 0) is 16.6 Å². The minimum atomic E-state index is -3.69. The third kappa shape index (κ3) is 3.99. The lowest BCUT2D eigenvalue weighted by molar-refractivity contribution is 0.597. The molecule has 2 N–H and O–H groups in total. The maximum Gasteiger partial charge on any atom is 0.279 e. The van der Waals surface area contributed by atoms with E-state index in [4.69, 9.17) is 0 Å². The highest BCUT2D eigenvalue weighted by atomic mass is 32.2. The number of anilines is 1. The number of rotatable bonds is 6. The van der Waals surface area contributed by atoms with Gasteiger partial charge in [0.2, 0.25) is 0 Å². The molecular formula is C14H18N4O2S. The number of aryl methyl sites for hydroxylation is 1. The van der Waals surface area contributed by atoms with E-state index < -0.39 is 10.0 Å². The molecule has 0 aromatic carbocycles. The summed E-state index contributed by atoms with van der Waals surface area (Å²) in [5, 5.41) is 3.15. The van der Waals surface area contributed by atoms with E-state index in [1.165, 1.54) is 6.07 Å². The lowest BCUT2D eigenvalue weighted by Crippen LogP contribution is -2.16. The van der Waals surface area contributed by atoms with Crippen molar-refractivity contribution in [1.29, 1.82) is 0 Å². The Hall–Kier alpha value is -1.99. The van der Waals surface area contributed by atoms with Crippen LogP contribution in [0.25, 0.3) is 0 Å². The number of sulfonamides is 1. The summed E-state index contributed by atoms with van der Waals surface area (Å²) in [7, 11) is -3.69. The van der Waals surface area contributed by atoms with Gasteiger partial charge in [-0.05, 0) is 37.2 Å². The topological polar surface area (TPSA) is 84.0 Å². The highest BCUT2D eigenvalue weighted by Crippen LogP contribution is 2.16. The van der Waals surface area contributed by atoms with Gasteiger partial charge in [0.1, 0.15) is 0 Å². The van der Waals surface area contributed by atoms with Crippen LogP contribution in [0, 0.1) is 6.92 Å². The molecule has 0 unspecified atom stereocenters. The third-order valence-electron chi connectivity index (χ3n) is 2.90. The van der Waals surface area contributed by atoms with E-state index in [-0.39, 0.29) is 5.03 Å². The van der Waals surface area contributed by atoms with Crippen molar-refractivity contribution in [2.45, 2.75) is 25.4 Å². The molecule has 0 aliphatic heterocycles. The van der Waals surface area contributed by atoms with Crippen LogP contribution < -0.4 is 10.0 Å². The second kappa shape index (κ2) is 6.64. The SMILES string of the molecule is CCNCc1ccc(S(=O)(=O)Nc2cccnc2C)nc1. The smallest absolute Gasteiger partial charge is 0.279 e. The molecule has 0 fully saturated rings. The van der Waals surface area contributed by atoms with Crippen LogP contribution in [0.3, 0.4) is 0 Å². The summed E-state index contributed by atoms with van der Waals surface area (Å²) >= 11 is 0. The van der Waals surface area contributed by atoms with Crippen LogP contribution in [-0.4, -0.2) is 24.9 Å². The van der Waals surface area contributed by atoms with E-state index in [0.29, 0.717) is 17.9 Å². The molecule has 0 radical (unpaired) electrons. The van der Waals surface area contributed by atoms with Crippen molar-refractivity contribution in [3.8, 4) is 0 Å². The fraction of sp³-hybridized carbons (Fsp3) is 0.286. The Balaban J connectivity index is 2.18. The Morgan fingerprint density at radius 1 is 1.19 bits per heavy atom. The molecule has 0 aliphatic rings. The fourth-order valence-corrected chi connectivity index (χ4v) is 2.78. The molecule has 21 heavy (non-hydrogen) atoms. The number of nitrogens with one attached hydrogen (secondary N) is 2. The number of hydrogen-bond acceptors (Lipinski definition) is 5. The van der Waals surface area contributed by atoms with Gasteiger partial charge in [0.15, 0.2) is 5.03 Å². The molecule has 0 aliphatic carbocycles. The van der Waals surface area contributed by atoms with Crippen LogP contribution in [0.1, 0.15) is 18.2 Å². The summed E-state index contributed by atoms with van der Waals surface area (Å²) in [6, 6.07) is 6.60. The van der Waals surface area contributed by atoms with Gasteiger partial charge in [-0.1, -0.05) is 13.0 Å². The van der Waals surface area contributed by atoms with Crippen LogP contribution in [0.5, 0.6) is 0 Å². The van der Waals surface area contributed by atoms with Crippen molar-refractivity contribution in [3.05, 3.63) is 47.9 Å². The summed E-state index contributed by atoms with van der Waals surface area (Å²) in [6.07, 6.45) is 3.17. The molecule has 0 bridgehead atoms. The highest BCUT2D eigenvalue weighted by Gasteiger charge is 2.16. The monoisotopic (exact) mass is 306 g/mol. The lowest BCUT2D eigenvalue weighted by Gasteiger charge is -2.09. The summed E-state index contributed by atoms with van der Waals surface area (Å²) in [4.78, 5) is 8.07. The molecule has 7 heteroatoms. The first-order valence-corrected chi connectivity index (χ1v) is 8.11. The highest BCUT2D eigenvalue weighted by molar-refractivity contribution is 7.92. The maximum atomic E-state index is 12.3. The molecule has 2 rings (SSSR count). The summed E-state index contributed by atoms with van der Waals surface area (Å²) < 4.78 is 27.0. The number of aromatic nitrogens is 2. The van der Waals surface area contributed by atoms with Crippen molar-refractivity contribution in [2.75, 3.05) is 11.3 Å². The molecule has 0 spiro atoms. The molecule has 112 valence electrons. The van der Waals surface area contributed by atoms with Crippen LogP contribution in [0.15, 0.2) is 41.7 Å². The van der Waals surface area contributed by atoms with Gasteiger partial charge in [0.25, 0.3) is 10.0 Å². The zero-order valence-corrected chi connectivity index (χ0v) is 12.8. The van der Waals surface area contributed by atoms with E-state index in [1.807, 2.05) is 6.92 Å². The van der Waals surface area contributed by atoms with E-state index in [0.717, 1.165) is 12.1 Å². The van der Waals surface area contributed by atoms with E-state index in [1.54, 1.807) is 37.5 Å². The quantitative estimate of drug-likeness (QED) is 0.848.